The molecule has 0 aliphatic carbocycles. The number of halogens is 1. The van der Waals surface area contributed by atoms with Crippen molar-refractivity contribution < 1.29 is 17.9 Å². The van der Waals surface area contributed by atoms with E-state index in [9.17, 15) is 13.2 Å². The normalized spacial score (nSPS) is 16.7. The Labute approximate surface area is 160 Å². The van der Waals surface area contributed by atoms with E-state index in [-0.39, 0.29) is 11.8 Å². The summed E-state index contributed by atoms with van der Waals surface area (Å²) >= 11 is 6.04. The molecular formula is C17H26ClN3O4S. The summed E-state index contributed by atoms with van der Waals surface area (Å²) in [5.74, 6) is 0.437. The fourth-order valence-corrected chi connectivity index (χ4v) is 4.04. The standard InChI is InChI=1S/C17H26ClN3O4S/c1-13-4-5-15(12-16(13)18)25-11-8-19-17(22)14-6-9-21(10-7-14)26(23,24)20(2)3/h4-5,12,14H,6-11H2,1-3H3,(H,19,22). The molecule has 0 atom stereocenters. The Morgan fingerprint density at radius 3 is 2.58 bits per heavy atom. The zero-order valence-electron chi connectivity index (χ0n) is 15.4. The van der Waals surface area contributed by atoms with Gasteiger partial charge in [-0.1, -0.05) is 17.7 Å². The van der Waals surface area contributed by atoms with Gasteiger partial charge in [0.25, 0.3) is 10.2 Å². The highest BCUT2D eigenvalue weighted by atomic mass is 35.5. The number of piperidine rings is 1. The van der Waals surface area contributed by atoms with E-state index in [1.165, 1.54) is 22.7 Å². The highest BCUT2D eigenvalue weighted by molar-refractivity contribution is 7.86. The summed E-state index contributed by atoms with van der Waals surface area (Å²) in [4.78, 5) is 12.2. The van der Waals surface area contributed by atoms with Crippen molar-refractivity contribution in [1.29, 1.82) is 0 Å². The van der Waals surface area contributed by atoms with Crippen LogP contribution in [0.5, 0.6) is 5.75 Å². The van der Waals surface area contributed by atoms with Crippen LogP contribution in [0.25, 0.3) is 0 Å². The molecule has 146 valence electrons. The first-order valence-electron chi connectivity index (χ1n) is 8.56. The number of hydrogen-bond donors (Lipinski definition) is 1. The van der Waals surface area contributed by atoms with E-state index < -0.39 is 10.2 Å². The second-order valence-corrected chi connectivity index (χ2v) is 9.06. The van der Waals surface area contributed by atoms with Crippen molar-refractivity contribution in [2.75, 3.05) is 40.3 Å². The number of benzene rings is 1. The molecule has 0 radical (unpaired) electrons. The van der Waals surface area contributed by atoms with Crippen LogP contribution in [0.3, 0.4) is 0 Å². The monoisotopic (exact) mass is 403 g/mol. The van der Waals surface area contributed by atoms with Crippen LogP contribution in [0, 0.1) is 12.8 Å². The molecule has 0 bridgehead atoms. The van der Waals surface area contributed by atoms with Gasteiger partial charge in [0.2, 0.25) is 5.91 Å². The van der Waals surface area contributed by atoms with Gasteiger partial charge in [0, 0.05) is 38.1 Å². The third-order valence-corrected chi connectivity index (χ3v) is 6.77. The van der Waals surface area contributed by atoms with Gasteiger partial charge >= 0.3 is 0 Å². The van der Waals surface area contributed by atoms with Gasteiger partial charge in [-0.05, 0) is 37.5 Å². The van der Waals surface area contributed by atoms with Crippen molar-refractivity contribution in [1.82, 2.24) is 13.9 Å². The average molecular weight is 404 g/mol. The molecule has 1 amide bonds. The molecule has 26 heavy (non-hydrogen) atoms. The molecule has 1 saturated heterocycles. The molecule has 0 unspecified atom stereocenters. The lowest BCUT2D eigenvalue weighted by Crippen LogP contribution is -2.47. The molecule has 0 aromatic heterocycles. The second kappa shape index (κ2) is 9.03. The number of ether oxygens (including phenoxy) is 1. The zero-order chi connectivity index (χ0) is 19.3. The lowest BCUT2D eigenvalue weighted by molar-refractivity contribution is -0.126. The minimum atomic E-state index is -3.40. The molecule has 0 spiro atoms. The number of nitrogens with zero attached hydrogens (tertiary/aromatic N) is 2. The minimum Gasteiger partial charge on any atom is -0.492 e. The molecule has 1 fully saturated rings. The van der Waals surface area contributed by atoms with Crippen molar-refractivity contribution >= 4 is 27.7 Å². The quantitative estimate of drug-likeness (QED) is 0.702. The van der Waals surface area contributed by atoms with Crippen LogP contribution in [0.15, 0.2) is 18.2 Å². The first-order valence-corrected chi connectivity index (χ1v) is 10.3. The van der Waals surface area contributed by atoms with Crippen molar-refractivity contribution in [2.24, 2.45) is 5.92 Å². The summed E-state index contributed by atoms with van der Waals surface area (Å²) in [5.41, 5.74) is 0.981. The summed E-state index contributed by atoms with van der Waals surface area (Å²) < 4.78 is 32.3. The molecule has 1 N–H and O–H groups in total. The molecule has 2 rings (SSSR count). The highest BCUT2D eigenvalue weighted by Crippen LogP contribution is 2.22. The van der Waals surface area contributed by atoms with E-state index >= 15 is 0 Å². The molecule has 1 aromatic carbocycles. The Hall–Kier alpha value is -1.35. The summed E-state index contributed by atoms with van der Waals surface area (Å²) in [6.07, 6.45) is 1.04. The van der Waals surface area contributed by atoms with Gasteiger partial charge in [0.1, 0.15) is 12.4 Å². The fraction of sp³-hybridized carbons (Fsp3) is 0.588. The predicted molar refractivity (Wildman–Crippen MR) is 102 cm³/mol. The van der Waals surface area contributed by atoms with Crippen LogP contribution >= 0.6 is 11.6 Å². The van der Waals surface area contributed by atoms with E-state index in [1.807, 2.05) is 19.1 Å². The SMILES string of the molecule is Cc1ccc(OCCNC(=O)C2CCN(S(=O)(=O)N(C)C)CC2)cc1Cl. The number of hydrogen-bond acceptors (Lipinski definition) is 4. The molecule has 1 aromatic rings. The summed E-state index contributed by atoms with van der Waals surface area (Å²) in [7, 11) is -0.385. The van der Waals surface area contributed by atoms with Gasteiger partial charge in [-0.3, -0.25) is 4.79 Å². The van der Waals surface area contributed by atoms with Gasteiger partial charge in [0.05, 0.1) is 6.54 Å². The summed E-state index contributed by atoms with van der Waals surface area (Å²) in [5, 5.41) is 3.49. The van der Waals surface area contributed by atoms with E-state index in [4.69, 9.17) is 16.3 Å². The van der Waals surface area contributed by atoms with Crippen molar-refractivity contribution in [3.63, 3.8) is 0 Å². The summed E-state index contributed by atoms with van der Waals surface area (Å²) in [6.45, 7) is 3.37. The predicted octanol–water partition coefficient (Wildman–Crippen LogP) is 1.66. The van der Waals surface area contributed by atoms with Crippen LogP contribution < -0.4 is 10.1 Å². The van der Waals surface area contributed by atoms with Gasteiger partial charge in [-0.2, -0.15) is 17.0 Å². The van der Waals surface area contributed by atoms with Crippen LogP contribution in [0.4, 0.5) is 0 Å². The Morgan fingerprint density at radius 1 is 1.35 bits per heavy atom. The van der Waals surface area contributed by atoms with Crippen LogP contribution in [-0.2, 0) is 15.0 Å². The Bertz CT molecular complexity index is 732. The molecule has 1 heterocycles. The maximum Gasteiger partial charge on any atom is 0.281 e. The van der Waals surface area contributed by atoms with Crippen LogP contribution in [0.1, 0.15) is 18.4 Å². The molecular weight excluding hydrogens is 378 g/mol. The van der Waals surface area contributed by atoms with E-state index in [0.29, 0.717) is 49.9 Å². The van der Waals surface area contributed by atoms with E-state index in [1.54, 1.807) is 6.07 Å². The molecule has 1 aliphatic rings. The Morgan fingerprint density at radius 2 is 2.00 bits per heavy atom. The first kappa shape index (κ1) is 21.0. The topological polar surface area (TPSA) is 79.0 Å². The van der Waals surface area contributed by atoms with Gasteiger partial charge < -0.3 is 10.1 Å². The number of aryl methyl sites for hydroxylation is 1. The lowest BCUT2D eigenvalue weighted by atomic mass is 9.97. The third-order valence-electron chi connectivity index (χ3n) is 4.43. The van der Waals surface area contributed by atoms with Crippen molar-refractivity contribution in [2.45, 2.75) is 19.8 Å². The average Bonchev–Trinajstić information content (AvgIpc) is 2.61. The van der Waals surface area contributed by atoms with Crippen LogP contribution in [0.2, 0.25) is 5.02 Å². The molecule has 7 nitrogen and oxygen atoms in total. The Balaban J connectivity index is 1.71. The number of nitrogens with one attached hydrogen (secondary N) is 1. The zero-order valence-corrected chi connectivity index (χ0v) is 16.9. The fourth-order valence-electron chi connectivity index (χ4n) is 2.73. The smallest absolute Gasteiger partial charge is 0.281 e. The lowest BCUT2D eigenvalue weighted by Gasteiger charge is -2.32. The number of carbonyl (C=O) groups is 1. The summed E-state index contributed by atoms with van der Waals surface area (Å²) in [6, 6.07) is 5.47. The van der Waals surface area contributed by atoms with Gasteiger partial charge in [-0.25, -0.2) is 0 Å². The third kappa shape index (κ3) is 5.33. The molecule has 1 aliphatic heterocycles. The van der Waals surface area contributed by atoms with Crippen LogP contribution in [-0.4, -0.2) is 63.3 Å². The second-order valence-electron chi connectivity index (χ2n) is 6.51. The first-order chi connectivity index (χ1) is 12.2. The minimum absolute atomic E-state index is 0.0579. The largest absolute Gasteiger partial charge is 0.492 e. The van der Waals surface area contributed by atoms with Gasteiger partial charge in [0.15, 0.2) is 0 Å². The molecule has 9 heteroatoms. The van der Waals surface area contributed by atoms with Crippen molar-refractivity contribution in [3.8, 4) is 5.75 Å². The molecule has 0 saturated carbocycles. The van der Waals surface area contributed by atoms with E-state index in [0.717, 1.165) is 5.56 Å². The van der Waals surface area contributed by atoms with E-state index in [2.05, 4.69) is 5.32 Å². The van der Waals surface area contributed by atoms with Crippen molar-refractivity contribution in [3.05, 3.63) is 28.8 Å². The Kier molecular flexibility index (Phi) is 7.28. The number of amides is 1. The van der Waals surface area contributed by atoms with Gasteiger partial charge in [-0.15, -0.1) is 0 Å². The maximum atomic E-state index is 12.2. The number of carbonyl (C=O) groups excluding carboxylic acids is 1. The maximum absolute atomic E-state index is 12.2. The number of rotatable bonds is 7. The highest BCUT2D eigenvalue weighted by Gasteiger charge is 2.32.